The van der Waals surface area contributed by atoms with Gasteiger partial charge in [-0.05, 0) is 17.7 Å². The van der Waals surface area contributed by atoms with Gasteiger partial charge in [0.25, 0.3) is 0 Å². The Labute approximate surface area is 87.2 Å². The fraction of sp³-hybridized carbons (Fsp3) is 0.364. The Morgan fingerprint density at radius 3 is 2.93 bits per heavy atom. The fourth-order valence-corrected chi connectivity index (χ4v) is 2.01. The topological polar surface area (TPSA) is 47.6 Å². The van der Waals surface area contributed by atoms with Crippen LogP contribution in [-0.4, -0.2) is 19.2 Å². The maximum Gasteiger partial charge on any atom is 0.231 e. The zero-order valence-corrected chi connectivity index (χ0v) is 8.16. The van der Waals surface area contributed by atoms with Gasteiger partial charge in [-0.15, -0.1) is 0 Å². The molecule has 0 saturated carbocycles. The molecular formula is C11H11NO3. The maximum absolute atomic E-state index is 11.1. The monoisotopic (exact) mass is 205 g/mol. The van der Waals surface area contributed by atoms with E-state index in [-0.39, 0.29) is 11.8 Å². The van der Waals surface area contributed by atoms with Gasteiger partial charge in [0.15, 0.2) is 11.5 Å². The highest BCUT2D eigenvalue weighted by molar-refractivity contribution is 5.79. The summed E-state index contributed by atoms with van der Waals surface area (Å²) < 4.78 is 10.5. The number of carbonyl (C=O) groups excluding carboxylic acids is 1. The molecule has 78 valence electrons. The summed E-state index contributed by atoms with van der Waals surface area (Å²) >= 11 is 0. The van der Waals surface area contributed by atoms with E-state index in [1.54, 1.807) is 0 Å². The Balaban J connectivity index is 1.89. The minimum atomic E-state index is 0.123. The third-order valence-corrected chi connectivity index (χ3v) is 2.85. The van der Waals surface area contributed by atoms with Crippen molar-refractivity contribution in [3.8, 4) is 11.5 Å². The molecule has 1 atom stereocenters. The zero-order valence-electron chi connectivity index (χ0n) is 8.16. The lowest BCUT2D eigenvalue weighted by Gasteiger charge is -2.07. The van der Waals surface area contributed by atoms with Crippen molar-refractivity contribution in [1.82, 2.24) is 5.32 Å². The van der Waals surface area contributed by atoms with Gasteiger partial charge >= 0.3 is 0 Å². The van der Waals surface area contributed by atoms with E-state index in [1.165, 1.54) is 0 Å². The number of rotatable bonds is 1. The maximum atomic E-state index is 11.1. The summed E-state index contributed by atoms with van der Waals surface area (Å²) in [4.78, 5) is 11.1. The third kappa shape index (κ3) is 1.42. The van der Waals surface area contributed by atoms with E-state index in [2.05, 4.69) is 5.32 Å². The van der Waals surface area contributed by atoms with Crippen molar-refractivity contribution < 1.29 is 14.3 Å². The van der Waals surface area contributed by atoms with Crippen LogP contribution < -0.4 is 14.8 Å². The first-order chi connectivity index (χ1) is 7.33. The van der Waals surface area contributed by atoms with Gasteiger partial charge in [-0.3, -0.25) is 4.79 Å². The Hall–Kier alpha value is -1.71. The quantitative estimate of drug-likeness (QED) is 0.744. The van der Waals surface area contributed by atoms with Crippen LogP contribution in [0.3, 0.4) is 0 Å². The molecule has 3 rings (SSSR count). The molecule has 1 saturated heterocycles. The molecule has 1 N–H and O–H groups in total. The standard InChI is InChI=1S/C11H11NO3/c13-11-4-8(5-12-11)7-1-2-9-10(3-7)15-6-14-9/h1-3,8H,4-6H2,(H,12,13)/t8-/m0/s1. The molecule has 0 unspecified atom stereocenters. The minimum absolute atomic E-state index is 0.123. The molecule has 0 bridgehead atoms. The highest BCUT2D eigenvalue weighted by Gasteiger charge is 2.24. The first-order valence-corrected chi connectivity index (χ1v) is 4.99. The number of amides is 1. The van der Waals surface area contributed by atoms with Crippen molar-refractivity contribution in [2.75, 3.05) is 13.3 Å². The molecule has 0 radical (unpaired) electrons. The predicted octanol–water partition coefficient (Wildman–Crippen LogP) is 1.02. The average molecular weight is 205 g/mol. The molecule has 1 aromatic carbocycles. The first-order valence-electron chi connectivity index (χ1n) is 4.99. The van der Waals surface area contributed by atoms with Crippen LogP contribution in [0.2, 0.25) is 0 Å². The van der Waals surface area contributed by atoms with Crippen molar-refractivity contribution in [2.24, 2.45) is 0 Å². The van der Waals surface area contributed by atoms with Crippen LogP contribution in [0.25, 0.3) is 0 Å². The highest BCUT2D eigenvalue weighted by atomic mass is 16.7. The molecule has 0 aliphatic carbocycles. The van der Waals surface area contributed by atoms with E-state index < -0.39 is 0 Å². The number of fused-ring (bicyclic) bond motifs is 1. The number of benzene rings is 1. The van der Waals surface area contributed by atoms with Crippen LogP contribution in [0.5, 0.6) is 11.5 Å². The van der Waals surface area contributed by atoms with Gasteiger partial charge < -0.3 is 14.8 Å². The molecule has 0 spiro atoms. The summed E-state index contributed by atoms with van der Waals surface area (Å²) in [5, 5.41) is 2.82. The lowest BCUT2D eigenvalue weighted by Crippen LogP contribution is -2.13. The van der Waals surface area contributed by atoms with E-state index >= 15 is 0 Å². The summed E-state index contributed by atoms with van der Waals surface area (Å²) in [6.45, 7) is 1.01. The van der Waals surface area contributed by atoms with Gasteiger partial charge in [-0.2, -0.15) is 0 Å². The number of ether oxygens (including phenoxy) is 2. The Kier molecular flexibility index (Phi) is 1.80. The van der Waals surface area contributed by atoms with Gasteiger partial charge in [-0.25, -0.2) is 0 Å². The summed E-state index contributed by atoms with van der Waals surface area (Å²) in [6.07, 6.45) is 0.569. The predicted molar refractivity (Wildman–Crippen MR) is 52.9 cm³/mol. The Morgan fingerprint density at radius 1 is 1.27 bits per heavy atom. The second kappa shape index (κ2) is 3.15. The molecule has 4 nitrogen and oxygen atoms in total. The van der Waals surface area contributed by atoms with Crippen molar-refractivity contribution in [1.29, 1.82) is 0 Å². The van der Waals surface area contributed by atoms with Crippen LogP contribution in [-0.2, 0) is 4.79 Å². The third-order valence-electron chi connectivity index (χ3n) is 2.85. The van der Waals surface area contributed by atoms with Crippen LogP contribution in [0.15, 0.2) is 18.2 Å². The number of carbonyl (C=O) groups is 1. The Bertz CT molecular complexity index is 416. The first kappa shape index (κ1) is 8.59. The minimum Gasteiger partial charge on any atom is -0.454 e. The largest absolute Gasteiger partial charge is 0.454 e. The van der Waals surface area contributed by atoms with Gasteiger partial charge in [0.1, 0.15) is 0 Å². The van der Waals surface area contributed by atoms with Crippen LogP contribution >= 0.6 is 0 Å². The molecule has 1 fully saturated rings. The van der Waals surface area contributed by atoms with Gasteiger partial charge in [-0.1, -0.05) is 6.07 Å². The summed E-state index contributed by atoms with van der Waals surface area (Å²) in [6, 6.07) is 5.87. The summed E-state index contributed by atoms with van der Waals surface area (Å²) in [5.41, 5.74) is 1.14. The average Bonchev–Trinajstić information content (AvgIpc) is 2.84. The normalized spacial score (nSPS) is 22.9. The summed E-state index contributed by atoms with van der Waals surface area (Å²) in [5.74, 6) is 1.97. The van der Waals surface area contributed by atoms with E-state index in [4.69, 9.17) is 9.47 Å². The smallest absolute Gasteiger partial charge is 0.231 e. The van der Waals surface area contributed by atoms with E-state index in [0.29, 0.717) is 13.2 Å². The van der Waals surface area contributed by atoms with Crippen LogP contribution in [0.1, 0.15) is 17.9 Å². The molecule has 2 aliphatic rings. The molecule has 1 amide bonds. The molecule has 2 heterocycles. The van der Waals surface area contributed by atoms with Crippen molar-refractivity contribution in [3.63, 3.8) is 0 Å². The number of nitrogens with one attached hydrogen (secondary N) is 1. The number of hydrogen-bond acceptors (Lipinski definition) is 3. The van der Waals surface area contributed by atoms with Crippen LogP contribution in [0.4, 0.5) is 0 Å². The van der Waals surface area contributed by atoms with E-state index in [0.717, 1.165) is 23.6 Å². The molecule has 0 aromatic heterocycles. The second-order valence-electron chi connectivity index (χ2n) is 3.82. The van der Waals surface area contributed by atoms with Crippen molar-refractivity contribution in [3.05, 3.63) is 23.8 Å². The second-order valence-corrected chi connectivity index (χ2v) is 3.82. The zero-order chi connectivity index (χ0) is 10.3. The van der Waals surface area contributed by atoms with Gasteiger partial charge in [0.05, 0.1) is 0 Å². The SMILES string of the molecule is O=C1C[C@H](c2ccc3c(c2)OCO3)CN1. The molecule has 2 aliphatic heterocycles. The highest BCUT2D eigenvalue weighted by Crippen LogP contribution is 2.35. The van der Waals surface area contributed by atoms with Crippen molar-refractivity contribution in [2.45, 2.75) is 12.3 Å². The molecular weight excluding hydrogens is 194 g/mol. The molecule has 1 aromatic rings. The molecule has 4 heteroatoms. The molecule has 15 heavy (non-hydrogen) atoms. The number of hydrogen-bond donors (Lipinski definition) is 1. The van der Waals surface area contributed by atoms with Crippen molar-refractivity contribution >= 4 is 5.91 Å². The van der Waals surface area contributed by atoms with E-state index in [1.807, 2.05) is 18.2 Å². The fourth-order valence-electron chi connectivity index (χ4n) is 2.01. The lowest BCUT2D eigenvalue weighted by molar-refractivity contribution is -0.119. The van der Waals surface area contributed by atoms with E-state index in [9.17, 15) is 4.79 Å². The summed E-state index contributed by atoms with van der Waals surface area (Å²) in [7, 11) is 0. The van der Waals surface area contributed by atoms with Crippen LogP contribution in [0, 0.1) is 0 Å². The van der Waals surface area contributed by atoms with Gasteiger partial charge in [0, 0.05) is 18.9 Å². The van der Waals surface area contributed by atoms with Gasteiger partial charge in [0.2, 0.25) is 12.7 Å². The lowest BCUT2D eigenvalue weighted by atomic mass is 9.98. The Morgan fingerprint density at radius 2 is 2.13 bits per heavy atom.